The molecule has 4 unspecified atom stereocenters. The number of hydrogen-bond donors (Lipinski definition) is 2. The molecule has 0 spiro atoms. The molecule has 1 aliphatic heterocycles. The van der Waals surface area contributed by atoms with Crippen molar-refractivity contribution >= 4 is 0 Å². The fourth-order valence-electron chi connectivity index (χ4n) is 1.90. The number of hydrogen-bond acceptors (Lipinski definition) is 3. The Morgan fingerprint density at radius 3 is 2.38 bits per heavy atom. The lowest BCUT2D eigenvalue weighted by molar-refractivity contribution is -0.167. The van der Waals surface area contributed by atoms with E-state index < -0.39 is 6.29 Å². The summed E-state index contributed by atoms with van der Waals surface area (Å²) in [5.74, 6) is 1.07. The van der Waals surface area contributed by atoms with E-state index in [1.165, 1.54) is 0 Å². The van der Waals surface area contributed by atoms with Gasteiger partial charge in [0.2, 0.25) is 0 Å². The van der Waals surface area contributed by atoms with Crippen LogP contribution in [-0.2, 0) is 4.74 Å². The molecule has 5 atom stereocenters. The Kier molecular flexibility index (Phi) is 3.71. The van der Waals surface area contributed by atoms with Crippen LogP contribution in [0.2, 0.25) is 0 Å². The Morgan fingerprint density at radius 1 is 1.23 bits per heavy atom. The van der Waals surface area contributed by atoms with E-state index in [1.807, 2.05) is 6.92 Å². The van der Waals surface area contributed by atoms with Crippen LogP contribution in [0.1, 0.15) is 27.2 Å². The lowest BCUT2D eigenvalue weighted by atomic mass is 9.83. The van der Waals surface area contributed by atoms with E-state index in [9.17, 15) is 5.11 Å². The minimum atomic E-state index is -0.725. The van der Waals surface area contributed by atoms with Crippen LogP contribution in [0.4, 0.5) is 0 Å². The normalized spacial score (nSPS) is 47.3. The van der Waals surface area contributed by atoms with Crippen molar-refractivity contribution in [1.82, 2.24) is 0 Å². The first kappa shape index (κ1) is 11.0. The highest BCUT2D eigenvalue weighted by molar-refractivity contribution is 4.77. The zero-order valence-electron chi connectivity index (χ0n) is 8.60. The second-order valence-electron chi connectivity index (χ2n) is 4.26. The molecule has 3 nitrogen and oxygen atoms in total. The minimum absolute atomic E-state index is 0.000833. The Labute approximate surface area is 79.7 Å². The topological polar surface area (TPSA) is 49.7 Å². The average Bonchev–Trinajstić information content (AvgIpc) is 2.20. The van der Waals surface area contributed by atoms with Gasteiger partial charge in [0.1, 0.15) is 0 Å². The first-order valence-corrected chi connectivity index (χ1v) is 5.00. The first-order valence-electron chi connectivity index (χ1n) is 5.00. The minimum Gasteiger partial charge on any atom is -0.394 e. The van der Waals surface area contributed by atoms with Gasteiger partial charge in [-0.25, -0.2) is 0 Å². The second kappa shape index (κ2) is 4.40. The van der Waals surface area contributed by atoms with Gasteiger partial charge in [-0.2, -0.15) is 0 Å². The van der Waals surface area contributed by atoms with E-state index in [1.54, 1.807) is 0 Å². The van der Waals surface area contributed by atoms with Crippen molar-refractivity contribution in [2.24, 2.45) is 17.8 Å². The maximum Gasteiger partial charge on any atom is 0.157 e. The molecule has 0 aliphatic carbocycles. The molecule has 13 heavy (non-hydrogen) atoms. The molecule has 1 saturated heterocycles. The van der Waals surface area contributed by atoms with E-state index >= 15 is 0 Å². The SMILES string of the molecule is CC1C[C@@H](CO)OC(O)C(C)C1C. The summed E-state index contributed by atoms with van der Waals surface area (Å²) >= 11 is 0. The van der Waals surface area contributed by atoms with Gasteiger partial charge in [0.05, 0.1) is 12.7 Å². The Bertz CT molecular complexity index is 144. The second-order valence-corrected chi connectivity index (χ2v) is 4.26. The van der Waals surface area contributed by atoms with Gasteiger partial charge in [-0.1, -0.05) is 20.8 Å². The zero-order chi connectivity index (χ0) is 10.0. The molecule has 1 rings (SSSR count). The number of aliphatic hydroxyl groups excluding tert-OH is 2. The van der Waals surface area contributed by atoms with Gasteiger partial charge in [-0.15, -0.1) is 0 Å². The molecule has 2 N–H and O–H groups in total. The fraction of sp³-hybridized carbons (Fsp3) is 1.00. The van der Waals surface area contributed by atoms with E-state index in [2.05, 4.69) is 13.8 Å². The maximum absolute atomic E-state index is 9.61. The first-order chi connectivity index (χ1) is 6.06. The predicted molar refractivity (Wildman–Crippen MR) is 50.1 cm³/mol. The van der Waals surface area contributed by atoms with Crippen LogP contribution in [0.25, 0.3) is 0 Å². The highest BCUT2D eigenvalue weighted by Crippen LogP contribution is 2.32. The van der Waals surface area contributed by atoms with Gasteiger partial charge >= 0.3 is 0 Å². The monoisotopic (exact) mass is 188 g/mol. The lowest BCUT2D eigenvalue weighted by Crippen LogP contribution is -2.28. The molecule has 0 radical (unpaired) electrons. The number of ether oxygens (including phenoxy) is 1. The van der Waals surface area contributed by atoms with Gasteiger partial charge in [-0.3, -0.25) is 0 Å². The molecule has 0 aromatic heterocycles. The van der Waals surface area contributed by atoms with E-state index in [0.29, 0.717) is 11.8 Å². The third-order valence-corrected chi connectivity index (χ3v) is 3.35. The lowest BCUT2D eigenvalue weighted by Gasteiger charge is -2.24. The molecule has 3 heteroatoms. The van der Waals surface area contributed by atoms with Crippen molar-refractivity contribution in [3.8, 4) is 0 Å². The van der Waals surface area contributed by atoms with Gasteiger partial charge in [0.25, 0.3) is 0 Å². The molecule has 78 valence electrons. The molecular weight excluding hydrogens is 168 g/mol. The largest absolute Gasteiger partial charge is 0.394 e. The standard InChI is InChI=1S/C10H20O3/c1-6-4-9(5-11)13-10(12)8(3)7(6)2/h6-12H,4-5H2,1-3H3/t6?,7?,8?,9-,10?/m0/s1. The van der Waals surface area contributed by atoms with Gasteiger partial charge in [0, 0.05) is 5.92 Å². The third kappa shape index (κ3) is 2.42. The van der Waals surface area contributed by atoms with Crippen LogP contribution in [0.3, 0.4) is 0 Å². The van der Waals surface area contributed by atoms with Crippen molar-refractivity contribution in [3.05, 3.63) is 0 Å². The zero-order valence-corrected chi connectivity index (χ0v) is 8.60. The van der Waals surface area contributed by atoms with Crippen LogP contribution in [0.5, 0.6) is 0 Å². The summed E-state index contributed by atoms with van der Waals surface area (Å²) in [5, 5.41) is 18.6. The van der Waals surface area contributed by atoms with Crippen molar-refractivity contribution in [2.45, 2.75) is 39.6 Å². The van der Waals surface area contributed by atoms with E-state index in [-0.39, 0.29) is 18.6 Å². The molecule has 1 heterocycles. The Hall–Kier alpha value is -0.120. The molecule has 0 saturated carbocycles. The summed E-state index contributed by atoms with van der Waals surface area (Å²) < 4.78 is 5.32. The molecule has 0 bridgehead atoms. The molecule has 0 aromatic carbocycles. The van der Waals surface area contributed by atoms with Crippen molar-refractivity contribution in [2.75, 3.05) is 6.61 Å². The predicted octanol–water partition coefficient (Wildman–Crippen LogP) is 0.994. The quantitative estimate of drug-likeness (QED) is 0.645. The highest BCUT2D eigenvalue weighted by atomic mass is 16.6. The molecule has 0 amide bonds. The summed E-state index contributed by atoms with van der Waals surface area (Å²) in [6, 6.07) is 0. The van der Waals surface area contributed by atoms with Crippen molar-refractivity contribution in [1.29, 1.82) is 0 Å². The van der Waals surface area contributed by atoms with Gasteiger partial charge < -0.3 is 14.9 Å². The summed E-state index contributed by atoms with van der Waals surface area (Å²) in [6.45, 7) is 6.26. The summed E-state index contributed by atoms with van der Waals surface area (Å²) in [6.07, 6.45) is -0.0894. The fourth-order valence-corrected chi connectivity index (χ4v) is 1.90. The summed E-state index contributed by atoms with van der Waals surface area (Å²) in [4.78, 5) is 0. The average molecular weight is 188 g/mol. The van der Waals surface area contributed by atoms with Crippen molar-refractivity contribution < 1.29 is 14.9 Å². The number of aliphatic hydroxyl groups is 2. The Morgan fingerprint density at radius 2 is 1.85 bits per heavy atom. The van der Waals surface area contributed by atoms with Crippen LogP contribution in [-0.4, -0.2) is 29.2 Å². The van der Waals surface area contributed by atoms with E-state index in [4.69, 9.17) is 9.84 Å². The molecule has 0 aromatic rings. The Balaban J connectivity index is 2.66. The van der Waals surface area contributed by atoms with Crippen molar-refractivity contribution in [3.63, 3.8) is 0 Å². The molecule has 1 fully saturated rings. The van der Waals surface area contributed by atoms with Gasteiger partial charge in [0.15, 0.2) is 6.29 Å². The van der Waals surface area contributed by atoms with Crippen LogP contribution in [0.15, 0.2) is 0 Å². The summed E-state index contributed by atoms with van der Waals surface area (Å²) in [5.41, 5.74) is 0. The highest BCUT2D eigenvalue weighted by Gasteiger charge is 2.32. The maximum atomic E-state index is 9.61. The molecule has 1 aliphatic rings. The van der Waals surface area contributed by atoms with Crippen LogP contribution in [0, 0.1) is 17.8 Å². The smallest absolute Gasteiger partial charge is 0.157 e. The third-order valence-electron chi connectivity index (χ3n) is 3.35. The van der Waals surface area contributed by atoms with Crippen LogP contribution < -0.4 is 0 Å². The molecular formula is C10H20O3. The summed E-state index contributed by atoms with van der Waals surface area (Å²) in [7, 11) is 0. The van der Waals surface area contributed by atoms with Crippen LogP contribution >= 0.6 is 0 Å². The van der Waals surface area contributed by atoms with E-state index in [0.717, 1.165) is 6.42 Å². The van der Waals surface area contributed by atoms with Gasteiger partial charge in [-0.05, 0) is 18.3 Å². The number of rotatable bonds is 1.